The van der Waals surface area contributed by atoms with Crippen molar-refractivity contribution in [2.24, 2.45) is 35.5 Å². The van der Waals surface area contributed by atoms with Crippen LogP contribution in [0.3, 0.4) is 0 Å². The van der Waals surface area contributed by atoms with Gasteiger partial charge in [0.25, 0.3) is 0 Å². The van der Waals surface area contributed by atoms with Crippen molar-refractivity contribution in [2.45, 2.75) is 279 Å². The maximum Gasteiger partial charge on any atom is 0.303 e. The van der Waals surface area contributed by atoms with Gasteiger partial charge in [0, 0.05) is 193 Å². The Morgan fingerprint density at radius 2 is 0.569 bits per heavy atom. The average Bonchev–Trinajstić information content (AvgIpc) is 0.818. The normalized spacial score (nSPS) is 24.2. The van der Waals surface area contributed by atoms with Crippen molar-refractivity contribution in [2.75, 3.05) is 78.9 Å². The Morgan fingerprint density at radius 1 is 0.312 bits per heavy atom. The molecule has 15 unspecified atom stereocenters. The molecule has 0 aromatic rings. The highest BCUT2D eigenvalue weighted by Gasteiger charge is 2.47. The second-order valence-corrected chi connectivity index (χ2v) is 28.6. The zero-order valence-electron chi connectivity index (χ0n) is 66.1. The fourth-order valence-corrected chi connectivity index (χ4v) is 12.8. The van der Waals surface area contributed by atoms with Gasteiger partial charge in [-0.2, -0.15) is 0 Å². The first kappa shape index (κ1) is 95.5. The largest absolute Gasteiger partial charge is 0.481 e. The number of carbonyl (C=O) groups excluding carboxylic acids is 13. The van der Waals surface area contributed by atoms with Gasteiger partial charge in [-0.25, -0.2) is 0 Å². The van der Waals surface area contributed by atoms with Crippen molar-refractivity contribution in [3.05, 3.63) is 0 Å². The Labute approximate surface area is 640 Å². The fraction of sp³-hybridized carbons (Fsp3) is 0.813. The Hall–Kier alpha value is -7.66. The number of ether oxygens (including phenoxy) is 12. The molecule has 8 N–H and O–H groups in total. The summed E-state index contributed by atoms with van der Waals surface area (Å²) in [6.45, 7) is 20.8. The van der Waals surface area contributed by atoms with Crippen molar-refractivity contribution in [1.82, 2.24) is 37.2 Å². The third-order valence-electron chi connectivity index (χ3n) is 19.5. The van der Waals surface area contributed by atoms with E-state index in [4.69, 9.17) is 56.8 Å². The lowest BCUT2D eigenvalue weighted by Crippen LogP contribution is -2.53. The number of esters is 6. The molecule has 0 aromatic carbocycles. The van der Waals surface area contributed by atoms with E-state index in [-0.39, 0.29) is 209 Å². The number of rotatable bonds is 53. The predicted octanol–water partition coefficient (Wildman–Crippen LogP) is 4.34. The molecule has 0 saturated carbocycles. The van der Waals surface area contributed by atoms with Crippen LogP contribution in [0.1, 0.15) is 218 Å². The van der Waals surface area contributed by atoms with Gasteiger partial charge < -0.3 is 99.2 Å². The number of carboxylic acid groups (broad SMARTS) is 1. The highest BCUT2D eigenvalue weighted by atomic mass is 16.7. The molecule has 0 aromatic heterocycles. The first-order valence-electron chi connectivity index (χ1n) is 38.6. The zero-order valence-corrected chi connectivity index (χ0v) is 66.1. The zero-order chi connectivity index (χ0) is 81.0. The average molecular weight is 1560 g/mol. The van der Waals surface area contributed by atoms with Crippen molar-refractivity contribution in [3.8, 4) is 0 Å². The minimum atomic E-state index is -1.32. The monoisotopic (exact) mass is 1560 g/mol. The van der Waals surface area contributed by atoms with Crippen LogP contribution in [-0.2, 0) is 124 Å². The van der Waals surface area contributed by atoms with Crippen LogP contribution in [0.4, 0.5) is 0 Å². The van der Waals surface area contributed by atoms with Crippen molar-refractivity contribution in [1.29, 1.82) is 0 Å². The van der Waals surface area contributed by atoms with Gasteiger partial charge in [-0.15, -0.1) is 0 Å². The predicted molar refractivity (Wildman–Crippen MR) is 389 cm³/mol. The molecule has 3 heterocycles. The number of carbonyl (C=O) groups is 14. The van der Waals surface area contributed by atoms with E-state index in [1.807, 2.05) is 41.5 Å². The number of carboxylic acids is 1. The van der Waals surface area contributed by atoms with Crippen molar-refractivity contribution >= 4 is 83.1 Å². The van der Waals surface area contributed by atoms with Crippen LogP contribution >= 0.6 is 0 Å². The van der Waals surface area contributed by atoms with Gasteiger partial charge in [0.05, 0.1) is 0 Å². The summed E-state index contributed by atoms with van der Waals surface area (Å²) >= 11 is 0. The molecule has 0 aliphatic carbocycles. The third-order valence-corrected chi connectivity index (χ3v) is 19.5. The number of nitrogens with one attached hydrogen (secondary N) is 7. The second-order valence-electron chi connectivity index (χ2n) is 28.6. The number of hydrogen-bond acceptors (Lipinski definition) is 26. The van der Waals surface area contributed by atoms with Crippen LogP contribution < -0.4 is 37.2 Å². The Kier molecular flexibility index (Phi) is 46.0. The SMILES string of the molecule is CC(=O)OCC1OC(OCCCCC(=O)NCCCNC(=O)CCC(CCC(=O)NCCCNC(=O)CCCCOC2OC(COC(C)=O)C(OC(C)=O)C(C)C2C)(CCC(=O)NCCCNC(=O)CCCCOC2OC(COC(C)=O)C(OC(C)=O)C(C)C2C)NC(=O)CCCC(=O)O)C(C)C(C)C1OC(C)=O. The Bertz CT molecular complexity index is 2620. The highest BCUT2D eigenvalue weighted by molar-refractivity contribution is 5.81. The Morgan fingerprint density at radius 3 is 0.817 bits per heavy atom. The number of amides is 7. The van der Waals surface area contributed by atoms with Gasteiger partial charge in [0.2, 0.25) is 41.4 Å². The lowest BCUT2D eigenvalue weighted by Gasteiger charge is -2.43. The molecule has 0 radical (unpaired) electrons. The van der Waals surface area contributed by atoms with E-state index in [9.17, 15) is 72.2 Å². The molecule has 34 heteroatoms. The van der Waals surface area contributed by atoms with Gasteiger partial charge in [-0.1, -0.05) is 41.5 Å². The molecule has 34 nitrogen and oxygen atoms in total. The van der Waals surface area contributed by atoms with E-state index in [1.54, 1.807) is 0 Å². The fourth-order valence-electron chi connectivity index (χ4n) is 12.8. The topological polar surface area (TPSA) is 454 Å². The van der Waals surface area contributed by atoms with Crippen molar-refractivity contribution in [3.63, 3.8) is 0 Å². The molecular formula is C75H125N7O27. The van der Waals surface area contributed by atoms with Crippen LogP contribution in [-0.4, -0.2) is 228 Å². The quantitative estimate of drug-likeness (QED) is 0.0238. The third kappa shape index (κ3) is 39.7. The van der Waals surface area contributed by atoms with Gasteiger partial charge in [0.15, 0.2) is 18.9 Å². The maximum absolute atomic E-state index is 13.7. The highest BCUT2D eigenvalue weighted by Crippen LogP contribution is 2.37. The smallest absolute Gasteiger partial charge is 0.303 e. The molecule has 3 fully saturated rings. The summed E-state index contributed by atoms with van der Waals surface area (Å²) in [5.74, 6) is -7.56. The van der Waals surface area contributed by atoms with Crippen LogP contribution in [0.25, 0.3) is 0 Å². The lowest BCUT2D eigenvalue weighted by atomic mass is 9.82. The molecule has 0 spiro atoms. The van der Waals surface area contributed by atoms with Crippen LogP contribution in [0, 0.1) is 35.5 Å². The minimum absolute atomic E-state index is 0.00693. The first-order chi connectivity index (χ1) is 51.7. The number of hydrogen-bond donors (Lipinski definition) is 8. The standard InChI is InChI=1S/C75H125N7O27/c1-46-49(4)72(107-58(43-101-52(7)83)69(46)104-55(10)86)98-40-16-13-23-61(89)76-34-20-37-79-64(92)28-31-75(82-67(95)26-19-27-68(96)97,32-29-65(93)80-38-21-35-77-62(90)24-14-17-41-99-73-50(5)47(2)70(105-56(11)87)59(108-73)44-102-53(8)84)33-30-66(94)81-39-22-36-78-63(91)25-15-18-42-100-74-51(6)48(3)71(106-57(12)88)60(109-74)45-103-54(9)85/h46-51,58-60,69-74H,13-45H2,1-12H3,(H,76,89)(H,77,90)(H,78,91)(H,79,92)(H,80,93)(H,81,94)(H,82,95)(H,96,97). The second kappa shape index (κ2) is 52.5. The van der Waals surface area contributed by atoms with E-state index >= 15 is 0 Å². The van der Waals surface area contributed by atoms with Crippen LogP contribution in [0.2, 0.25) is 0 Å². The van der Waals surface area contributed by atoms with Crippen LogP contribution in [0.5, 0.6) is 0 Å². The lowest BCUT2D eigenvalue weighted by molar-refractivity contribution is -0.273. The molecule has 3 rings (SSSR count). The van der Waals surface area contributed by atoms with Crippen LogP contribution in [0.15, 0.2) is 0 Å². The molecule has 109 heavy (non-hydrogen) atoms. The first-order valence-corrected chi connectivity index (χ1v) is 38.6. The van der Waals surface area contributed by atoms with E-state index in [0.29, 0.717) is 57.8 Å². The summed E-state index contributed by atoms with van der Waals surface area (Å²) in [7, 11) is 0. The number of aliphatic carboxylic acids is 1. The van der Waals surface area contributed by atoms with Gasteiger partial charge in [-0.3, -0.25) is 67.1 Å². The molecule has 15 atom stereocenters. The molecule has 7 amide bonds. The van der Waals surface area contributed by atoms with E-state index in [1.165, 1.54) is 41.5 Å². The summed E-state index contributed by atoms with van der Waals surface area (Å²) in [6, 6.07) is 0. The molecule has 622 valence electrons. The molecule has 3 saturated heterocycles. The minimum Gasteiger partial charge on any atom is -0.481 e. The van der Waals surface area contributed by atoms with Gasteiger partial charge in [0.1, 0.15) is 56.4 Å². The summed E-state index contributed by atoms with van der Waals surface area (Å²) in [5.41, 5.74) is -1.32. The molecular weight excluding hydrogens is 1430 g/mol. The molecule has 3 aliphatic rings. The van der Waals surface area contributed by atoms with Crippen molar-refractivity contribution < 1.29 is 129 Å². The molecule has 3 aliphatic heterocycles. The summed E-state index contributed by atoms with van der Waals surface area (Å²) in [6.07, 6.45) is -2.45. The van der Waals surface area contributed by atoms with E-state index < -0.39 is 126 Å². The summed E-state index contributed by atoms with van der Waals surface area (Å²) in [5, 5.41) is 29.4. The number of unbranched alkanes of at least 4 members (excludes halogenated alkanes) is 3. The summed E-state index contributed by atoms with van der Waals surface area (Å²) in [4.78, 5) is 174. The van der Waals surface area contributed by atoms with E-state index in [2.05, 4.69) is 37.2 Å². The molecule has 0 bridgehead atoms. The Balaban J connectivity index is 1.56. The maximum atomic E-state index is 13.7. The van der Waals surface area contributed by atoms with Gasteiger partial charge in [-0.05, 0) is 83.5 Å². The van der Waals surface area contributed by atoms with Gasteiger partial charge >= 0.3 is 41.8 Å². The van der Waals surface area contributed by atoms with E-state index in [0.717, 1.165) is 0 Å². The summed E-state index contributed by atoms with van der Waals surface area (Å²) < 4.78 is 68.4.